The van der Waals surface area contributed by atoms with Crippen LogP contribution < -0.4 is 10.6 Å². The molecule has 0 unspecified atom stereocenters. The minimum Gasteiger partial charge on any atom is -0.465 e. The van der Waals surface area contributed by atoms with Gasteiger partial charge >= 0.3 is 0 Å². The Morgan fingerprint density at radius 2 is 2.00 bits per heavy atom. The molecule has 102 valence electrons. The van der Waals surface area contributed by atoms with Crippen molar-refractivity contribution >= 4 is 50.9 Å². The van der Waals surface area contributed by atoms with E-state index in [1.54, 1.807) is 18.2 Å². The molecule has 0 aliphatic heterocycles. The van der Waals surface area contributed by atoms with Crippen LogP contribution in [-0.4, -0.2) is 11.0 Å². The lowest BCUT2D eigenvalue weighted by Crippen LogP contribution is -2.32. The second kappa shape index (κ2) is 7.02. The molecule has 0 atom stereocenters. The molecule has 6 heteroatoms. The van der Waals surface area contributed by atoms with Crippen molar-refractivity contribution in [2.45, 2.75) is 0 Å². The molecule has 1 aromatic heterocycles. The lowest BCUT2D eigenvalue weighted by atomic mass is 10.3. The van der Waals surface area contributed by atoms with Gasteiger partial charge in [0, 0.05) is 16.2 Å². The van der Waals surface area contributed by atoms with Gasteiger partial charge in [-0.05, 0) is 54.7 Å². The lowest BCUT2D eigenvalue weighted by Gasteiger charge is -2.07. The number of halogens is 1. The Bertz CT molecular complexity index is 621. The van der Waals surface area contributed by atoms with Crippen LogP contribution in [0.5, 0.6) is 0 Å². The summed E-state index contributed by atoms with van der Waals surface area (Å²) in [5, 5.41) is 5.70. The second-order valence-corrected chi connectivity index (χ2v) is 5.12. The molecule has 0 aliphatic rings. The van der Waals surface area contributed by atoms with Gasteiger partial charge in [-0.25, -0.2) is 0 Å². The van der Waals surface area contributed by atoms with Crippen LogP contribution in [-0.2, 0) is 4.79 Å². The maximum atomic E-state index is 11.6. The number of carbonyl (C=O) groups excluding carboxylic acids is 1. The smallest absolute Gasteiger partial charge is 0.250 e. The molecule has 0 bridgehead atoms. The minimum atomic E-state index is -0.323. The fraction of sp³-hybridized carbons (Fsp3) is 0. The van der Waals surface area contributed by atoms with Gasteiger partial charge in [0.1, 0.15) is 5.76 Å². The van der Waals surface area contributed by atoms with Crippen LogP contribution in [0.1, 0.15) is 5.76 Å². The molecule has 4 nitrogen and oxygen atoms in total. The average Bonchev–Trinajstić information content (AvgIpc) is 2.92. The van der Waals surface area contributed by atoms with Crippen LogP contribution in [0.2, 0.25) is 0 Å². The largest absolute Gasteiger partial charge is 0.465 e. The lowest BCUT2D eigenvalue weighted by molar-refractivity contribution is -0.115. The number of furan rings is 1. The van der Waals surface area contributed by atoms with E-state index in [-0.39, 0.29) is 11.0 Å². The molecular weight excluding hydrogens is 340 g/mol. The highest BCUT2D eigenvalue weighted by Gasteiger charge is 2.01. The Labute approximate surface area is 130 Å². The van der Waals surface area contributed by atoms with Gasteiger partial charge in [0.2, 0.25) is 5.91 Å². The zero-order valence-electron chi connectivity index (χ0n) is 10.3. The Balaban J connectivity index is 1.85. The molecule has 0 aliphatic carbocycles. The van der Waals surface area contributed by atoms with Crippen molar-refractivity contribution < 1.29 is 9.21 Å². The summed E-state index contributed by atoms with van der Waals surface area (Å²) >= 11 is 8.39. The summed E-state index contributed by atoms with van der Waals surface area (Å²) in [5.41, 5.74) is 0.800. The van der Waals surface area contributed by atoms with Crippen molar-refractivity contribution in [3.8, 4) is 0 Å². The number of thiocarbonyl (C=S) groups is 1. The highest BCUT2D eigenvalue weighted by Crippen LogP contribution is 2.13. The van der Waals surface area contributed by atoms with E-state index in [1.165, 1.54) is 12.3 Å². The SMILES string of the molecule is O=C(C=Cc1ccco1)NC(=S)Nc1ccc(Br)cc1. The molecule has 1 aromatic carbocycles. The quantitative estimate of drug-likeness (QED) is 0.656. The van der Waals surface area contributed by atoms with Gasteiger partial charge in [-0.15, -0.1) is 0 Å². The number of hydrogen-bond donors (Lipinski definition) is 2. The number of carbonyl (C=O) groups is 1. The van der Waals surface area contributed by atoms with Crippen molar-refractivity contribution in [2.75, 3.05) is 5.32 Å². The van der Waals surface area contributed by atoms with Crippen molar-refractivity contribution in [1.82, 2.24) is 5.32 Å². The van der Waals surface area contributed by atoms with Gasteiger partial charge in [0.25, 0.3) is 0 Å². The third kappa shape index (κ3) is 4.64. The van der Waals surface area contributed by atoms with E-state index in [0.717, 1.165) is 10.2 Å². The van der Waals surface area contributed by atoms with Crippen molar-refractivity contribution in [3.63, 3.8) is 0 Å². The van der Waals surface area contributed by atoms with Gasteiger partial charge in [-0.1, -0.05) is 15.9 Å². The fourth-order valence-corrected chi connectivity index (χ4v) is 1.88. The highest BCUT2D eigenvalue weighted by molar-refractivity contribution is 9.10. The van der Waals surface area contributed by atoms with Crippen LogP contribution in [0.3, 0.4) is 0 Å². The summed E-state index contributed by atoms with van der Waals surface area (Å²) in [6.45, 7) is 0. The molecule has 0 fully saturated rings. The molecule has 0 spiro atoms. The highest BCUT2D eigenvalue weighted by atomic mass is 79.9. The summed E-state index contributed by atoms with van der Waals surface area (Å²) in [6.07, 6.45) is 4.46. The fourth-order valence-electron chi connectivity index (χ4n) is 1.39. The summed E-state index contributed by atoms with van der Waals surface area (Å²) in [6, 6.07) is 11.0. The van der Waals surface area contributed by atoms with E-state index >= 15 is 0 Å². The molecular formula is C14H11BrN2O2S. The van der Waals surface area contributed by atoms with Crippen LogP contribution in [0, 0.1) is 0 Å². The average molecular weight is 351 g/mol. The van der Waals surface area contributed by atoms with Gasteiger partial charge in [0.15, 0.2) is 5.11 Å². The Kier molecular flexibility index (Phi) is 5.09. The first kappa shape index (κ1) is 14.5. The van der Waals surface area contributed by atoms with E-state index < -0.39 is 0 Å². The standard InChI is InChI=1S/C14H11BrN2O2S/c15-10-3-5-11(6-4-10)16-14(20)17-13(18)8-7-12-2-1-9-19-12/h1-9H,(H2,16,17,18,20). The minimum absolute atomic E-state index is 0.237. The van der Waals surface area contributed by atoms with Crippen molar-refractivity contribution in [1.29, 1.82) is 0 Å². The summed E-state index contributed by atoms with van der Waals surface area (Å²) in [5.74, 6) is 0.281. The molecule has 0 saturated carbocycles. The maximum Gasteiger partial charge on any atom is 0.250 e. The molecule has 1 amide bonds. The van der Waals surface area contributed by atoms with Crippen LogP contribution in [0.4, 0.5) is 5.69 Å². The van der Waals surface area contributed by atoms with Gasteiger partial charge in [-0.2, -0.15) is 0 Å². The molecule has 1 heterocycles. The number of amides is 1. The van der Waals surface area contributed by atoms with Gasteiger partial charge < -0.3 is 9.73 Å². The first-order chi connectivity index (χ1) is 9.63. The monoisotopic (exact) mass is 350 g/mol. The molecule has 0 saturated heterocycles. The zero-order valence-corrected chi connectivity index (χ0v) is 12.7. The summed E-state index contributed by atoms with van der Waals surface area (Å²) in [4.78, 5) is 11.6. The normalized spacial score (nSPS) is 10.4. The van der Waals surface area contributed by atoms with Crippen LogP contribution in [0.25, 0.3) is 6.08 Å². The Morgan fingerprint density at radius 1 is 1.25 bits per heavy atom. The van der Waals surface area contributed by atoms with Gasteiger partial charge in [0.05, 0.1) is 6.26 Å². The second-order valence-electron chi connectivity index (χ2n) is 3.80. The molecule has 2 rings (SSSR count). The van der Waals surface area contributed by atoms with E-state index in [2.05, 4.69) is 26.6 Å². The Morgan fingerprint density at radius 3 is 2.65 bits per heavy atom. The molecule has 0 radical (unpaired) electrons. The third-order valence-corrected chi connectivity index (χ3v) is 3.01. The summed E-state index contributed by atoms with van der Waals surface area (Å²) < 4.78 is 6.05. The molecule has 2 aromatic rings. The van der Waals surface area contributed by atoms with E-state index in [4.69, 9.17) is 16.6 Å². The zero-order chi connectivity index (χ0) is 14.4. The number of nitrogens with one attached hydrogen (secondary N) is 2. The van der Waals surface area contributed by atoms with Crippen molar-refractivity contribution in [3.05, 3.63) is 59.0 Å². The van der Waals surface area contributed by atoms with Crippen LogP contribution in [0.15, 0.2) is 57.6 Å². The van der Waals surface area contributed by atoms with Gasteiger partial charge in [-0.3, -0.25) is 10.1 Å². The number of rotatable bonds is 3. The third-order valence-electron chi connectivity index (χ3n) is 2.28. The maximum absolute atomic E-state index is 11.6. The van der Waals surface area contributed by atoms with E-state index in [0.29, 0.717) is 5.76 Å². The number of anilines is 1. The first-order valence-corrected chi connectivity index (χ1v) is 6.93. The topological polar surface area (TPSA) is 54.3 Å². The molecule has 2 N–H and O–H groups in total. The molecule has 20 heavy (non-hydrogen) atoms. The number of benzene rings is 1. The number of hydrogen-bond acceptors (Lipinski definition) is 3. The van der Waals surface area contributed by atoms with Crippen molar-refractivity contribution in [2.24, 2.45) is 0 Å². The predicted molar refractivity (Wildman–Crippen MR) is 86.2 cm³/mol. The predicted octanol–water partition coefficient (Wildman–Crippen LogP) is 3.57. The van der Waals surface area contributed by atoms with E-state index in [9.17, 15) is 4.79 Å². The summed E-state index contributed by atoms with van der Waals surface area (Å²) in [7, 11) is 0. The van der Waals surface area contributed by atoms with Crippen LogP contribution >= 0.6 is 28.1 Å². The van der Waals surface area contributed by atoms with E-state index in [1.807, 2.05) is 24.3 Å². The Hall–Kier alpha value is -1.92. The first-order valence-electron chi connectivity index (χ1n) is 5.72.